The quantitative estimate of drug-likeness (QED) is 0.258. The molecule has 0 unspecified atom stereocenters. The predicted octanol–water partition coefficient (Wildman–Crippen LogP) is 7.81. The number of anilines is 1. The minimum absolute atomic E-state index is 0.226. The van der Waals surface area contributed by atoms with Crippen molar-refractivity contribution in [3.05, 3.63) is 119 Å². The number of rotatable bonds is 7. The van der Waals surface area contributed by atoms with Gasteiger partial charge in [0, 0.05) is 28.8 Å². The Morgan fingerprint density at radius 3 is 2.37 bits per heavy atom. The first-order valence-electron chi connectivity index (χ1n) is 11.6. The summed E-state index contributed by atoms with van der Waals surface area (Å²) in [6, 6.07) is 33.5. The molecule has 0 saturated heterocycles. The number of aromatic nitrogens is 1. The van der Waals surface area contributed by atoms with Crippen molar-refractivity contribution in [3.8, 4) is 17.0 Å². The molecule has 5 rings (SSSR count). The van der Waals surface area contributed by atoms with E-state index in [1.165, 1.54) is 0 Å². The maximum absolute atomic E-state index is 12.7. The molecular weight excluding hydrogens is 456 g/mol. The molecule has 1 aromatic heterocycles. The zero-order valence-corrected chi connectivity index (χ0v) is 20.1. The molecular formula is C30H25ClN2O2. The van der Waals surface area contributed by atoms with Crippen LogP contribution in [0, 0.1) is 0 Å². The summed E-state index contributed by atoms with van der Waals surface area (Å²) < 4.78 is 8.21. The molecule has 1 heterocycles. The molecule has 0 radical (unpaired) electrons. The number of aryl methyl sites for hydroxylation is 1. The van der Waals surface area contributed by atoms with E-state index in [9.17, 15) is 4.79 Å². The zero-order valence-electron chi connectivity index (χ0n) is 19.4. The third kappa shape index (κ3) is 4.93. The molecule has 0 aliphatic carbocycles. The van der Waals surface area contributed by atoms with Crippen LogP contribution in [0.2, 0.25) is 5.02 Å². The fraction of sp³-hybridized carbons (Fsp3) is 0.100. The van der Waals surface area contributed by atoms with Crippen molar-refractivity contribution in [1.29, 1.82) is 0 Å². The average molecular weight is 481 g/mol. The van der Waals surface area contributed by atoms with Crippen LogP contribution in [-0.2, 0) is 13.2 Å². The first kappa shape index (κ1) is 22.8. The first-order valence-corrected chi connectivity index (χ1v) is 12.0. The van der Waals surface area contributed by atoms with Gasteiger partial charge in [-0.1, -0.05) is 54.1 Å². The first-order chi connectivity index (χ1) is 17.1. The molecule has 4 nitrogen and oxygen atoms in total. The number of carbonyl (C=O) groups excluding carboxylic acids is 1. The number of fused-ring (bicyclic) bond motifs is 1. The largest absolute Gasteiger partial charge is 0.489 e. The summed E-state index contributed by atoms with van der Waals surface area (Å²) in [6.45, 7) is 3.50. The number of nitrogens with one attached hydrogen (secondary N) is 1. The highest BCUT2D eigenvalue weighted by Gasteiger charge is 2.13. The van der Waals surface area contributed by atoms with Gasteiger partial charge in [-0.2, -0.15) is 0 Å². The van der Waals surface area contributed by atoms with Crippen LogP contribution in [0.25, 0.3) is 22.2 Å². The van der Waals surface area contributed by atoms with E-state index in [4.69, 9.17) is 16.3 Å². The van der Waals surface area contributed by atoms with Crippen LogP contribution in [0.5, 0.6) is 5.75 Å². The van der Waals surface area contributed by atoms with Gasteiger partial charge in [-0.25, -0.2) is 0 Å². The van der Waals surface area contributed by atoms with E-state index in [2.05, 4.69) is 47.1 Å². The van der Waals surface area contributed by atoms with Gasteiger partial charge < -0.3 is 14.6 Å². The van der Waals surface area contributed by atoms with E-state index in [1.807, 2.05) is 54.6 Å². The van der Waals surface area contributed by atoms with Crippen LogP contribution in [0.4, 0.5) is 5.69 Å². The van der Waals surface area contributed by atoms with Gasteiger partial charge in [-0.3, -0.25) is 4.79 Å². The molecule has 0 bridgehead atoms. The molecule has 0 fully saturated rings. The second-order valence-electron chi connectivity index (χ2n) is 8.28. The molecule has 0 aliphatic rings. The molecule has 35 heavy (non-hydrogen) atoms. The lowest BCUT2D eigenvalue weighted by molar-refractivity contribution is 0.102. The van der Waals surface area contributed by atoms with Gasteiger partial charge in [0.25, 0.3) is 5.91 Å². The monoisotopic (exact) mass is 480 g/mol. The van der Waals surface area contributed by atoms with Gasteiger partial charge in [0.1, 0.15) is 12.4 Å². The van der Waals surface area contributed by atoms with Crippen LogP contribution in [0.1, 0.15) is 22.8 Å². The SMILES string of the molecule is CCn1c(-c2ccc(OCc3ccccc3)cc2)cc2cc(NC(=O)c3ccccc3Cl)ccc21. The maximum Gasteiger partial charge on any atom is 0.257 e. The van der Waals surface area contributed by atoms with E-state index in [0.717, 1.165) is 45.7 Å². The standard InChI is InChI=1S/C30H25ClN2O2/c1-2-33-28-17-14-24(32-30(34)26-10-6-7-11-27(26)31)18-23(28)19-29(33)22-12-15-25(16-13-22)35-20-21-8-4-3-5-9-21/h3-19H,2,20H2,1H3,(H,32,34). The molecule has 0 saturated carbocycles. The fourth-order valence-corrected chi connectivity index (χ4v) is 4.46. The smallest absolute Gasteiger partial charge is 0.257 e. The Bertz CT molecular complexity index is 1470. The van der Waals surface area contributed by atoms with Crippen LogP contribution in [0.3, 0.4) is 0 Å². The predicted molar refractivity (Wildman–Crippen MR) is 143 cm³/mol. The van der Waals surface area contributed by atoms with Crippen molar-refractivity contribution in [3.63, 3.8) is 0 Å². The number of nitrogens with zero attached hydrogens (tertiary/aromatic N) is 1. The van der Waals surface area contributed by atoms with Crippen molar-refractivity contribution >= 4 is 34.1 Å². The van der Waals surface area contributed by atoms with Gasteiger partial charge >= 0.3 is 0 Å². The minimum Gasteiger partial charge on any atom is -0.489 e. The van der Waals surface area contributed by atoms with Crippen molar-refractivity contribution in [1.82, 2.24) is 4.57 Å². The second-order valence-corrected chi connectivity index (χ2v) is 8.69. The molecule has 0 atom stereocenters. The van der Waals surface area contributed by atoms with E-state index in [-0.39, 0.29) is 5.91 Å². The summed E-state index contributed by atoms with van der Waals surface area (Å²) >= 11 is 6.18. The highest BCUT2D eigenvalue weighted by Crippen LogP contribution is 2.31. The summed E-state index contributed by atoms with van der Waals surface area (Å²) in [4.78, 5) is 12.7. The Morgan fingerprint density at radius 1 is 0.886 bits per heavy atom. The van der Waals surface area contributed by atoms with Crippen LogP contribution in [0.15, 0.2) is 103 Å². The number of hydrogen-bond donors (Lipinski definition) is 1. The number of carbonyl (C=O) groups is 1. The third-order valence-electron chi connectivity index (χ3n) is 5.99. The average Bonchev–Trinajstić information content (AvgIpc) is 3.26. The number of ether oxygens (including phenoxy) is 1. The molecule has 1 N–H and O–H groups in total. The summed E-state index contributed by atoms with van der Waals surface area (Å²) in [7, 11) is 0. The van der Waals surface area contributed by atoms with E-state index >= 15 is 0 Å². The Balaban J connectivity index is 1.37. The summed E-state index contributed by atoms with van der Waals surface area (Å²) in [5, 5.41) is 4.45. The van der Waals surface area contributed by atoms with Crippen molar-refractivity contribution < 1.29 is 9.53 Å². The minimum atomic E-state index is -0.226. The van der Waals surface area contributed by atoms with Gasteiger partial charge in [-0.05, 0) is 78.7 Å². The number of hydrogen-bond acceptors (Lipinski definition) is 2. The summed E-state index contributed by atoms with van der Waals surface area (Å²) in [6.07, 6.45) is 0. The lowest BCUT2D eigenvalue weighted by atomic mass is 10.1. The molecule has 0 aliphatic heterocycles. The molecule has 5 heteroatoms. The molecule has 4 aromatic carbocycles. The summed E-state index contributed by atoms with van der Waals surface area (Å²) in [5.41, 5.74) is 5.66. The van der Waals surface area contributed by atoms with Gasteiger partial charge in [0.2, 0.25) is 0 Å². The Morgan fingerprint density at radius 2 is 1.63 bits per heavy atom. The number of amides is 1. The highest BCUT2D eigenvalue weighted by molar-refractivity contribution is 6.34. The van der Waals surface area contributed by atoms with Crippen molar-refractivity contribution in [2.75, 3.05) is 5.32 Å². The fourth-order valence-electron chi connectivity index (χ4n) is 4.24. The lowest BCUT2D eigenvalue weighted by Gasteiger charge is -2.10. The number of benzene rings is 4. The zero-order chi connectivity index (χ0) is 24.2. The molecule has 1 amide bonds. The summed E-state index contributed by atoms with van der Waals surface area (Å²) in [5.74, 6) is 0.609. The van der Waals surface area contributed by atoms with Gasteiger partial charge in [0.15, 0.2) is 0 Å². The highest BCUT2D eigenvalue weighted by atomic mass is 35.5. The van der Waals surface area contributed by atoms with E-state index in [1.54, 1.807) is 18.2 Å². The second kappa shape index (κ2) is 10.1. The Kier molecular flexibility index (Phi) is 6.55. The lowest BCUT2D eigenvalue weighted by Crippen LogP contribution is -2.12. The topological polar surface area (TPSA) is 43.3 Å². The van der Waals surface area contributed by atoms with Crippen LogP contribution < -0.4 is 10.1 Å². The number of halogens is 1. The maximum atomic E-state index is 12.7. The van der Waals surface area contributed by atoms with E-state index in [0.29, 0.717) is 17.2 Å². The molecule has 5 aromatic rings. The normalized spacial score (nSPS) is 10.9. The Hall–Kier alpha value is -4.02. The molecule has 0 spiro atoms. The van der Waals surface area contributed by atoms with Crippen LogP contribution >= 0.6 is 11.6 Å². The van der Waals surface area contributed by atoms with Gasteiger partial charge in [0.05, 0.1) is 10.6 Å². The van der Waals surface area contributed by atoms with Crippen LogP contribution in [-0.4, -0.2) is 10.5 Å². The molecule has 174 valence electrons. The Labute approximate surface area is 209 Å². The van der Waals surface area contributed by atoms with Crippen molar-refractivity contribution in [2.45, 2.75) is 20.1 Å². The third-order valence-corrected chi connectivity index (χ3v) is 6.32. The van der Waals surface area contributed by atoms with Gasteiger partial charge in [-0.15, -0.1) is 0 Å². The van der Waals surface area contributed by atoms with Crippen molar-refractivity contribution in [2.24, 2.45) is 0 Å². The van der Waals surface area contributed by atoms with E-state index < -0.39 is 0 Å².